The van der Waals surface area contributed by atoms with Crippen LogP contribution in [0.4, 0.5) is 11.6 Å². The monoisotopic (exact) mass is 540 g/mol. The largest absolute Gasteiger partial charge is 0.382 e. The van der Waals surface area contributed by atoms with E-state index in [2.05, 4.69) is 22.2 Å². The molecule has 3 N–H and O–H groups in total. The van der Waals surface area contributed by atoms with Gasteiger partial charge in [-0.1, -0.05) is 31.6 Å². The second-order valence-corrected chi connectivity index (χ2v) is 9.97. The number of carbonyl (C=O) groups is 2. The van der Waals surface area contributed by atoms with Gasteiger partial charge in [0.05, 0.1) is 6.04 Å². The molecule has 208 valence electrons. The first-order valence-electron chi connectivity index (χ1n) is 13.3. The molecule has 3 heterocycles. The van der Waals surface area contributed by atoms with Crippen LogP contribution >= 0.6 is 0 Å². The molecule has 0 radical (unpaired) electrons. The number of aromatic nitrogens is 4. The highest BCUT2D eigenvalue weighted by atomic mass is 16.2. The van der Waals surface area contributed by atoms with Gasteiger partial charge in [0.25, 0.3) is 5.91 Å². The van der Waals surface area contributed by atoms with E-state index < -0.39 is 0 Å². The lowest BCUT2D eigenvalue weighted by Crippen LogP contribution is -2.29. The number of hydrogen-bond acceptors (Lipinski definition) is 7. The van der Waals surface area contributed by atoms with Gasteiger partial charge in [-0.3, -0.25) is 14.0 Å². The van der Waals surface area contributed by atoms with Crippen LogP contribution < -0.4 is 11.1 Å². The summed E-state index contributed by atoms with van der Waals surface area (Å²) in [4.78, 5) is 42.8. The fourth-order valence-electron chi connectivity index (χ4n) is 4.38. The number of amides is 2. The first kappa shape index (κ1) is 28.4. The third kappa shape index (κ3) is 6.35. The van der Waals surface area contributed by atoms with Crippen LogP contribution in [0.5, 0.6) is 0 Å². The molecule has 0 saturated heterocycles. The summed E-state index contributed by atoms with van der Waals surface area (Å²) in [7, 11) is 5.64. The summed E-state index contributed by atoms with van der Waals surface area (Å²) in [6, 6.07) is 10.6. The van der Waals surface area contributed by atoms with Crippen molar-refractivity contribution in [3.05, 3.63) is 84.1 Å². The van der Waals surface area contributed by atoms with Gasteiger partial charge in [0, 0.05) is 49.4 Å². The van der Waals surface area contributed by atoms with Crippen molar-refractivity contribution in [2.24, 2.45) is 0 Å². The normalized spacial score (nSPS) is 12.2. The van der Waals surface area contributed by atoms with Crippen molar-refractivity contribution in [2.75, 3.05) is 38.7 Å². The van der Waals surface area contributed by atoms with Gasteiger partial charge in [-0.25, -0.2) is 15.0 Å². The highest BCUT2D eigenvalue weighted by Crippen LogP contribution is 2.31. The van der Waals surface area contributed by atoms with Crippen LogP contribution in [-0.2, 0) is 11.2 Å². The molecule has 0 aliphatic rings. The summed E-state index contributed by atoms with van der Waals surface area (Å²) < 4.78 is 1.87. The summed E-state index contributed by atoms with van der Waals surface area (Å²) in [5.41, 5.74) is 9.95. The Hall–Kier alpha value is -4.57. The molecule has 0 spiro atoms. The van der Waals surface area contributed by atoms with Gasteiger partial charge in [-0.15, -0.1) is 0 Å². The lowest BCUT2D eigenvalue weighted by Gasteiger charge is -2.23. The first-order chi connectivity index (χ1) is 19.2. The summed E-state index contributed by atoms with van der Waals surface area (Å²) in [6.45, 7) is 4.70. The minimum Gasteiger partial charge on any atom is -0.382 e. The zero-order chi connectivity index (χ0) is 28.8. The Bertz CT molecular complexity index is 1520. The number of imidazole rings is 1. The van der Waals surface area contributed by atoms with Crippen LogP contribution in [-0.4, -0.2) is 68.7 Å². The number of carbonyl (C=O) groups excluding carboxylic acids is 2. The molecular formula is C30H36N8O2. The molecular weight excluding hydrogens is 504 g/mol. The molecule has 10 heteroatoms. The van der Waals surface area contributed by atoms with Crippen molar-refractivity contribution in [1.82, 2.24) is 29.2 Å². The van der Waals surface area contributed by atoms with E-state index in [1.807, 2.05) is 60.7 Å². The molecule has 1 atom stereocenters. The third-order valence-electron chi connectivity index (χ3n) is 6.67. The van der Waals surface area contributed by atoms with E-state index in [-0.39, 0.29) is 17.9 Å². The zero-order valence-electron chi connectivity index (χ0n) is 23.6. The number of anilines is 2. The number of likely N-dealkylation sites (N-methyl/N-ethyl adjacent to an activating group) is 2. The lowest BCUT2D eigenvalue weighted by atomic mass is 10.1. The first-order valence-corrected chi connectivity index (χ1v) is 13.3. The second-order valence-electron chi connectivity index (χ2n) is 9.97. The van der Waals surface area contributed by atoms with Crippen molar-refractivity contribution in [2.45, 2.75) is 32.7 Å². The molecule has 0 saturated carbocycles. The fraction of sp³-hybridized carbons (Fsp3) is 0.300. The second kappa shape index (κ2) is 12.5. The van der Waals surface area contributed by atoms with Gasteiger partial charge in [-0.2, -0.15) is 0 Å². The topological polar surface area (TPSA) is 122 Å². The van der Waals surface area contributed by atoms with Gasteiger partial charge in [0.1, 0.15) is 28.7 Å². The van der Waals surface area contributed by atoms with E-state index in [0.29, 0.717) is 40.8 Å². The number of nitrogen functional groups attached to an aromatic ring is 1. The van der Waals surface area contributed by atoms with Crippen molar-refractivity contribution >= 4 is 29.0 Å². The summed E-state index contributed by atoms with van der Waals surface area (Å²) in [6.07, 6.45) is 10.4. The fourth-order valence-corrected chi connectivity index (χ4v) is 4.38. The third-order valence-corrected chi connectivity index (χ3v) is 6.67. The van der Waals surface area contributed by atoms with E-state index in [9.17, 15) is 9.59 Å². The lowest BCUT2D eigenvalue weighted by molar-refractivity contribution is -0.126. The maximum absolute atomic E-state index is 12.9. The molecule has 4 rings (SSSR count). The standard InChI is InChI=1S/C30H36N8O2/c1-6-8-21-14-15-32-24(19-21)34-30(40)23-12-10-22(11-13-23)26-27-28(31)33-16-18-38(27)29(35-26)20(2)37(5)25(39)9-7-17-36(3)4/h7,9-16,18-20H,6,8,17H2,1-5H3,(H2,31,33)(H,32,34,40)/t20-/m0/s1. The minimum atomic E-state index is -0.347. The molecule has 10 nitrogen and oxygen atoms in total. The maximum Gasteiger partial charge on any atom is 0.256 e. The average molecular weight is 541 g/mol. The molecule has 0 aliphatic heterocycles. The van der Waals surface area contributed by atoms with Crippen LogP contribution in [0.15, 0.2) is 67.1 Å². The van der Waals surface area contributed by atoms with Crippen LogP contribution in [0, 0.1) is 0 Å². The van der Waals surface area contributed by atoms with Crippen LogP contribution in [0.3, 0.4) is 0 Å². The molecule has 40 heavy (non-hydrogen) atoms. The Morgan fingerprint density at radius 3 is 2.55 bits per heavy atom. The number of nitrogens with two attached hydrogens (primary N) is 1. The van der Waals surface area contributed by atoms with Crippen LogP contribution in [0.2, 0.25) is 0 Å². The van der Waals surface area contributed by atoms with Gasteiger partial charge in [0.2, 0.25) is 5.91 Å². The summed E-state index contributed by atoms with van der Waals surface area (Å²) >= 11 is 0. The summed E-state index contributed by atoms with van der Waals surface area (Å²) in [5.74, 6) is 1.12. The molecule has 0 unspecified atom stereocenters. The van der Waals surface area contributed by atoms with Crippen molar-refractivity contribution < 1.29 is 9.59 Å². The molecule has 0 fully saturated rings. The number of aryl methyl sites for hydroxylation is 1. The molecule has 0 bridgehead atoms. The number of benzene rings is 1. The number of hydrogen-bond donors (Lipinski definition) is 2. The number of rotatable bonds is 10. The van der Waals surface area contributed by atoms with E-state index in [4.69, 9.17) is 10.7 Å². The minimum absolute atomic E-state index is 0.125. The van der Waals surface area contributed by atoms with Crippen LogP contribution in [0.25, 0.3) is 16.8 Å². The highest BCUT2D eigenvalue weighted by Gasteiger charge is 2.24. The number of fused-ring (bicyclic) bond motifs is 1. The van der Waals surface area contributed by atoms with E-state index in [1.165, 1.54) is 0 Å². The van der Waals surface area contributed by atoms with Gasteiger partial charge in [-0.05, 0) is 57.3 Å². The Morgan fingerprint density at radius 2 is 1.85 bits per heavy atom. The van der Waals surface area contributed by atoms with Gasteiger partial charge in [0.15, 0.2) is 0 Å². The average Bonchev–Trinajstić information content (AvgIpc) is 3.33. The Balaban J connectivity index is 1.60. The quantitative estimate of drug-likeness (QED) is 0.289. The highest BCUT2D eigenvalue weighted by molar-refractivity contribution is 6.04. The molecule has 0 aliphatic carbocycles. The molecule has 3 aromatic heterocycles. The van der Waals surface area contributed by atoms with E-state index in [1.54, 1.807) is 48.7 Å². The van der Waals surface area contributed by atoms with Crippen LogP contribution in [0.1, 0.15) is 48.1 Å². The van der Waals surface area contributed by atoms with Crippen molar-refractivity contribution in [3.63, 3.8) is 0 Å². The molecule has 4 aromatic rings. The SMILES string of the molecule is CCCc1ccnc(NC(=O)c2ccc(-c3nc([C@H](C)N(C)C(=O)C=CCN(C)C)n4ccnc(N)c34)cc2)c1. The van der Waals surface area contributed by atoms with Crippen molar-refractivity contribution in [3.8, 4) is 11.3 Å². The Labute approximate surface area is 234 Å². The van der Waals surface area contributed by atoms with E-state index in [0.717, 1.165) is 24.0 Å². The van der Waals surface area contributed by atoms with Crippen molar-refractivity contribution in [1.29, 1.82) is 0 Å². The zero-order valence-corrected chi connectivity index (χ0v) is 23.6. The summed E-state index contributed by atoms with van der Waals surface area (Å²) in [5, 5.41) is 2.87. The number of nitrogens with zero attached hydrogens (tertiary/aromatic N) is 6. The predicted octanol–water partition coefficient (Wildman–Crippen LogP) is 4.22. The Kier molecular flexibility index (Phi) is 8.90. The number of nitrogens with one attached hydrogen (secondary N) is 1. The number of pyridine rings is 1. The maximum atomic E-state index is 12.9. The molecule has 1 aromatic carbocycles. The van der Waals surface area contributed by atoms with Gasteiger partial charge >= 0.3 is 0 Å². The predicted molar refractivity (Wildman–Crippen MR) is 158 cm³/mol. The Morgan fingerprint density at radius 1 is 1.10 bits per heavy atom. The van der Waals surface area contributed by atoms with E-state index >= 15 is 0 Å². The molecule has 2 amide bonds. The van der Waals surface area contributed by atoms with Gasteiger partial charge < -0.3 is 20.9 Å². The smallest absolute Gasteiger partial charge is 0.256 e.